The molecule has 0 aliphatic rings. The largest absolute Gasteiger partial charge is 0.379 e. The van der Waals surface area contributed by atoms with Gasteiger partial charge in [-0.2, -0.15) is 0 Å². The minimum Gasteiger partial charge on any atom is -0.379 e. The van der Waals surface area contributed by atoms with E-state index in [9.17, 15) is 38.4 Å². The number of nitrogens with one attached hydrogen (secondary N) is 7. The molecule has 0 bridgehead atoms. The third kappa shape index (κ3) is 69.7. The van der Waals surface area contributed by atoms with Gasteiger partial charge in [-0.3, -0.25) is 38.4 Å². The van der Waals surface area contributed by atoms with Crippen LogP contribution in [0.25, 0.3) is 0 Å². The molecule has 0 heterocycles. The number of Topliss-reactive ketones (excluding diaryl/α,β-unsaturated/α-hetero) is 2. The molecule has 0 saturated heterocycles. The fourth-order valence-electron chi connectivity index (χ4n) is 9.35. The number of unbranched alkanes of at least 4 members (excludes halogenated alkanes) is 4. The van der Waals surface area contributed by atoms with Gasteiger partial charge in [-0.1, -0.05) is 0 Å². The summed E-state index contributed by atoms with van der Waals surface area (Å²) in [5.74, 6) is -1.93. The van der Waals surface area contributed by atoms with Crippen LogP contribution in [0.1, 0.15) is 122 Å². The molecule has 0 saturated carbocycles. The summed E-state index contributed by atoms with van der Waals surface area (Å²) in [6.07, 6.45) is 8.78. The molecule has 106 heavy (non-hydrogen) atoms. The van der Waals surface area contributed by atoms with E-state index in [4.69, 9.17) is 104 Å². The van der Waals surface area contributed by atoms with E-state index in [-0.39, 0.29) is 145 Å². The first-order chi connectivity index (χ1) is 51.8. The third-order valence-electron chi connectivity index (χ3n) is 15.2. The van der Waals surface area contributed by atoms with Crippen molar-refractivity contribution in [2.45, 2.75) is 147 Å². The number of hydrogen-bond donors (Lipinski definition) is 12. The van der Waals surface area contributed by atoms with Crippen molar-refractivity contribution < 1.29 is 119 Å². The smallest absolute Gasteiger partial charge is 0.242 e. The zero-order chi connectivity index (χ0) is 77.5. The molecule has 0 aromatic heterocycles. The van der Waals surface area contributed by atoms with E-state index in [1.165, 1.54) is 6.92 Å². The van der Waals surface area contributed by atoms with Crippen molar-refractivity contribution >= 4 is 47.0 Å². The predicted molar refractivity (Wildman–Crippen MR) is 392 cm³/mol. The normalized spacial score (nSPS) is 12.5. The van der Waals surface area contributed by atoms with Gasteiger partial charge >= 0.3 is 0 Å². The summed E-state index contributed by atoms with van der Waals surface area (Å²) >= 11 is 0. The average Bonchev–Trinajstić information content (AvgIpc) is 0.948. The lowest BCUT2D eigenvalue weighted by molar-refractivity contribution is -0.130. The van der Waals surface area contributed by atoms with Crippen LogP contribution in [0.3, 0.4) is 0 Å². The molecule has 16 N–H and O–H groups in total. The Kier molecular flexibility index (Phi) is 76.3. The number of carbonyl (C=O) groups excluding carboxylic acids is 8. The van der Waals surface area contributed by atoms with Crippen LogP contribution >= 0.6 is 0 Å². The number of hydroxylamine groups is 1. The van der Waals surface area contributed by atoms with Gasteiger partial charge < -0.3 is 136 Å². The molecule has 0 aliphatic heterocycles. The Morgan fingerprint density at radius 1 is 0.264 bits per heavy atom. The van der Waals surface area contributed by atoms with Gasteiger partial charge in [0.15, 0.2) is 11.6 Å². The van der Waals surface area contributed by atoms with Gasteiger partial charge in [-0.05, 0) is 117 Å². The lowest BCUT2D eigenvalue weighted by Crippen LogP contribution is -2.47. The van der Waals surface area contributed by atoms with Crippen LogP contribution in [0.15, 0.2) is 0 Å². The molecule has 0 spiro atoms. The van der Waals surface area contributed by atoms with Gasteiger partial charge in [0.1, 0.15) is 12.1 Å². The van der Waals surface area contributed by atoms with Gasteiger partial charge in [0.25, 0.3) is 0 Å². The Balaban J connectivity index is 4.05. The highest BCUT2D eigenvalue weighted by molar-refractivity contribution is 5.90. The molecule has 0 fully saturated rings. The number of carbonyl (C=O) groups is 8. The van der Waals surface area contributed by atoms with Crippen molar-refractivity contribution in [3.8, 4) is 0 Å². The highest BCUT2D eigenvalue weighted by atomic mass is 16.6. The number of ketones is 2. The van der Waals surface area contributed by atoms with Crippen LogP contribution < -0.4 is 60.3 Å². The van der Waals surface area contributed by atoms with Crippen molar-refractivity contribution in [3.05, 3.63) is 0 Å². The number of amides is 6. The number of hydrogen-bond acceptors (Lipinski definition) is 30. The molecule has 0 rings (SSSR count). The topological polar surface area (TPSA) is 493 Å². The molecular formula is C70H137N11O25. The number of ether oxygens (including phenoxy) is 16. The Morgan fingerprint density at radius 2 is 0.491 bits per heavy atom. The highest BCUT2D eigenvalue weighted by Crippen LogP contribution is 2.09. The zero-order valence-electron chi connectivity index (χ0n) is 63.7. The third-order valence-corrected chi connectivity index (χ3v) is 15.2. The SMILES string of the molecule is CC(=O)C(CCCCN)NC(=O)CCOCCOCCOCCOCCNC(=O)C(CCCCN)NC(=O)CCOCCOCCOCCOCCCC(=O)C(CCCCN)NC(=O)CCOCCOCCOCCOCCNC(=O)C(CCCCN)NC(=O)CCOCCOCCOCCOCCNO. The zero-order valence-corrected chi connectivity index (χ0v) is 63.7. The monoisotopic (exact) mass is 1530 g/mol. The van der Waals surface area contributed by atoms with E-state index >= 15 is 0 Å². The van der Waals surface area contributed by atoms with E-state index in [1.807, 2.05) is 5.48 Å². The Morgan fingerprint density at radius 3 is 0.764 bits per heavy atom. The summed E-state index contributed by atoms with van der Waals surface area (Å²) in [4.78, 5) is 101. The standard InChI is InChI=1S/C70H137N11O25/c1-59(82)60(11-2-6-20-71)78-65(84)16-28-92-36-44-101-53-56-104-48-40-96-32-24-75-69(88)62(13-4-8-22-73)80-67(86)18-30-94-38-46-100-52-51-99-43-35-91-27-10-15-64(83)61(12-3-7-21-72)79-66(85)17-29-93-37-45-102-54-57-105-49-41-97-33-25-76-70(89)63(14-5-9-23-74)81-68(87)19-31-95-39-47-103-55-58-106-50-42-98-34-26-77-90/h60-63,77,90H,2-58,71-74H2,1H3,(H,75,88)(H,76,89)(H,78,84)(H,79,85)(H,80,86)(H,81,87). The van der Waals surface area contributed by atoms with Gasteiger partial charge in [-0.15, -0.1) is 0 Å². The second kappa shape index (κ2) is 79.8. The van der Waals surface area contributed by atoms with Gasteiger partial charge in [0.2, 0.25) is 35.4 Å². The average molecular weight is 1530 g/mol. The molecule has 6 amide bonds. The molecular weight excluding hydrogens is 1390 g/mol. The van der Waals surface area contributed by atoms with Crippen LogP contribution in [-0.2, 0) is 114 Å². The van der Waals surface area contributed by atoms with Crippen molar-refractivity contribution in [1.29, 1.82) is 0 Å². The van der Waals surface area contributed by atoms with E-state index in [0.717, 1.165) is 25.7 Å². The lowest BCUT2D eigenvalue weighted by Gasteiger charge is -2.18. The summed E-state index contributed by atoms with van der Waals surface area (Å²) in [7, 11) is 0. The first kappa shape index (κ1) is 101. The Hall–Kier alpha value is -4.72. The van der Waals surface area contributed by atoms with Crippen LogP contribution in [-0.4, -0.2) is 334 Å². The minimum absolute atomic E-state index is 0.0614. The van der Waals surface area contributed by atoms with Gasteiger partial charge in [0, 0.05) is 58.3 Å². The lowest BCUT2D eigenvalue weighted by atomic mass is 10.0. The molecule has 36 heteroatoms. The van der Waals surface area contributed by atoms with Crippen molar-refractivity contribution in [2.75, 3.05) is 257 Å². The second-order valence-electron chi connectivity index (χ2n) is 24.1. The fourth-order valence-corrected chi connectivity index (χ4v) is 9.35. The van der Waals surface area contributed by atoms with Crippen LogP contribution in [0, 0.1) is 0 Å². The first-order valence-corrected chi connectivity index (χ1v) is 38.0. The summed E-state index contributed by atoms with van der Waals surface area (Å²) in [5.41, 5.74) is 24.5. The fraction of sp³-hybridized carbons (Fsp3) is 0.886. The summed E-state index contributed by atoms with van der Waals surface area (Å²) in [5, 5.41) is 25.3. The molecule has 622 valence electrons. The van der Waals surface area contributed by atoms with Crippen LogP contribution in [0.2, 0.25) is 0 Å². The molecule has 0 aliphatic carbocycles. The molecule has 4 atom stereocenters. The quantitative estimate of drug-likeness (QED) is 0.0241. The molecule has 4 unspecified atom stereocenters. The highest BCUT2D eigenvalue weighted by Gasteiger charge is 2.23. The van der Waals surface area contributed by atoms with Crippen molar-refractivity contribution in [3.63, 3.8) is 0 Å². The predicted octanol–water partition coefficient (Wildman–Crippen LogP) is -1.58. The van der Waals surface area contributed by atoms with Crippen molar-refractivity contribution in [2.24, 2.45) is 22.9 Å². The molecule has 0 aromatic rings. The maximum atomic E-state index is 13.1. The van der Waals surface area contributed by atoms with Crippen LogP contribution in [0.4, 0.5) is 0 Å². The van der Waals surface area contributed by atoms with E-state index in [2.05, 4.69) is 31.9 Å². The first-order valence-electron chi connectivity index (χ1n) is 38.0. The number of rotatable bonds is 85. The molecule has 0 radical (unpaired) electrons. The summed E-state index contributed by atoms with van der Waals surface area (Å²) in [6.45, 7) is 14.2. The maximum absolute atomic E-state index is 13.1. The summed E-state index contributed by atoms with van der Waals surface area (Å²) < 4.78 is 88.2. The number of nitrogens with two attached hydrogens (primary N) is 4. The van der Waals surface area contributed by atoms with Gasteiger partial charge in [0.05, 0.1) is 217 Å². The molecule has 0 aromatic carbocycles. The van der Waals surface area contributed by atoms with Crippen molar-refractivity contribution in [1.82, 2.24) is 37.4 Å². The maximum Gasteiger partial charge on any atom is 0.242 e. The Labute approximate surface area is 628 Å². The van der Waals surface area contributed by atoms with E-state index < -0.39 is 24.2 Å². The van der Waals surface area contributed by atoms with E-state index in [1.54, 1.807) is 0 Å². The second-order valence-corrected chi connectivity index (χ2v) is 24.1. The van der Waals surface area contributed by atoms with Crippen LogP contribution in [0.5, 0.6) is 0 Å². The minimum atomic E-state index is -0.729. The van der Waals surface area contributed by atoms with Gasteiger partial charge in [-0.25, -0.2) is 5.48 Å². The molecule has 36 nitrogen and oxygen atoms in total. The Bertz CT molecular complexity index is 2090. The summed E-state index contributed by atoms with van der Waals surface area (Å²) in [6, 6.07) is -2.58. The van der Waals surface area contributed by atoms with E-state index in [0.29, 0.717) is 249 Å².